The zero-order valence-electron chi connectivity index (χ0n) is 9.72. The third kappa shape index (κ3) is 2.65. The van der Waals surface area contributed by atoms with Crippen molar-refractivity contribution in [1.82, 2.24) is 19.8 Å². The van der Waals surface area contributed by atoms with Gasteiger partial charge in [0.2, 0.25) is 5.91 Å². The molecule has 2 rings (SSSR count). The monoisotopic (exact) mass is 259 g/mol. The Balaban J connectivity index is 2.11. The number of primary amides is 1. The molecule has 2 heterocycles. The standard InChI is InChI=1S/C10H15F2N5O/c11-10(12)17-4-2-15-8(17)6-16-3-1-14-5-7(16)9(13)18/h2,4,7,10,14H,1,3,5-6H2,(H2,13,18). The summed E-state index contributed by atoms with van der Waals surface area (Å²) in [5.41, 5.74) is 5.29. The van der Waals surface area contributed by atoms with E-state index < -0.39 is 18.5 Å². The number of hydrogen-bond donors (Lipinski definition) is 2. The number of nitrogens with two attached hydrogens (primary N) is 1. The van der Waals surface area contributed by atoms with Gasteiger partial charge in [-0.2, -0.15) is 8.78 Å². The summed E-state index contributed by atoms with van der Waals surface area (Å²) in [6, 6.07) is -0.485. The third-order valence-corrected chi connectivity index (χ3v) is 2.99. The van der Waals surface area contributed by atoms with Gasteiger partial charge >= 0.3 is 6.55 Å². The van der Waals surface area contributed by atoms with Crippen LogP contribution in [0.3, 0.4) is 0 Å². The molecule has 1 atom stereocenters. The fourth-order valence-electron chi connectivity index (χ4n) is 2.04. The lowest BCUT2D eigenvalue weighted by Gasteiger charge is -2.33. The Kier molecular flexibility index (Phi) is 3.87. The van der Waals surface area contributed by atoms with Crippen molar-refractivity contribution in [2.75, 3.05) is 19.6 Å². The lowest BCUT2D eigenvalue weighted by atomic mass is 10.2. The quantitative estimate of drug-likeness (QED) is 0.767. The van der Waals surface area contributed by atoms with E-state index in [2.05, 4.69) is 10.3 Å². The summed E-state index contributed by atoms with van der Waals surface area (Å²) in [4.78, 5) is 16.9. The van der Waals surface area contributed by atoms with Gasteiger partial charge in [0.05, 0.1) is 6.54 Å². The Morgan fingerprint density at radius 3 is 3.11 bits per heavy atom. The van der Waals surface area contributed by atoms with Crippen LogP contribution in [0.25, 0.3) is 0 Å². The minimum Gasteiger partial charge on any atom is -0.368 e. The fraction of sp³-hybridized carbons (Fsp3) is 0.600. The molecule has 0 aliphatic carbocycles. The van der Waals surface area contributed by atoms with Crippen LogP contribution in [0.4, 0.5) is 8.78 Å². The Labute approximate surface area is 103 Å². The first-order chi connectivity index (χ1) is 8.59. The van der Waals surface area contributed by atoms with Gasteiger partial charge in [-0.1, -0.05) is 0 Å². The van der Waals surface area contributed by atoms with Crippen LogP contribution in [0.5, 0.6) is 0 Å². The SMILES string of the molecule is NC(=O)C1CNCCN1Cc1nccn1C(F)F. The van der Waals surface area contributed by atoms with Gasteiger partial charge < -0.3 is 11.1 Å². The summed E-state index contributed by atoms with van der Waals surface area (Å²) in [5, 5.41) is 3.05. The molecule has 1 unspecified atom stereocenters. The average molecular weight is 259 g/mol. The predicted octanol–water partition coefficient (Wildman–Crippen LogP) is -0.463. The van der Waals surface area contributed by atoms with Gasteiger partial charge in [-0.25, -0.2) is 4.98 Å². The summed E-state index contributed by atoms with van der Waals surface area (Å²) in [7, 11) is 0. The first kappa shape index (κ1) is 12.9. The number of halogens is 2. The summed E-state index contributed by atoms with van der Waals surface area (Å²) in [5.74, 6) is -0.226. The molecule has 18 heavy (non-hydrogen) atoms. The maximum Gasteiger partial charge on any atom is 0.319 e. The molecule has 100 valence electrons. The molecule has 0 spiro atoms. The Morgan fingerprint density at radius 2 is 2.44 bits per heavy atom. The number of carbonyl (C=O) groups is 1. The molecule has 0 radical (unpaired) electrons. The van der Waals surface area contributed by atoms with Crippen LogP contribution < -0.4 is 11.1 Å². The van der Waals surface area contributed by atoms with Crippen molar-refractivity contribution in [1.29, 1.82) is 0 Å². The summed E-state index contributed by atoms with van der Waals surface area (Å²) in [6.07, 6.45) is 2.55. The molecule has 6 nitrogen and oxygen atoms in total. The number of nitrogens with one attached hydrogen (secondary N) is 1. The van der Waals surface area contributed by atoms with Crippen LogP contribution in [0.1, 0.15) is 12.4 Å². The molecular formula is C10H15F2N5O. The van der Waals surface area contributed by atoms with Crippen molar-refractivity contribution >= 4 is 5.91 Å². The number of piperazine rings is 1. The van der Waals surface area contributed by atoms with E-state index in [0.29, 0.717) is 19.6 Å². The highest BCUT2D eigenvalue weighted by molar-refractivity contribution is 5.80. The van der Waals surface area contributed by atoms with Crippen LogP contribution >= 0.6 is 0 Å². The van der Waals surface area contributed by atoms with Crippen LogP contribution in [0.15, 0.2) is 12.4 Å². The number of carbonyl (C=O) groups excluding carboxylic acids is 1. The van der Waals surface area contributed by atoms with E-state index in [9.17, 15) is 13.6 Å². The van der Waals surface area contributed by atoms with Crippen molar-refractivity contribution in [3.63, 3.8) is 0 Å². The number of rotatable bonds is 4. The third-order valence-electron chi connectivity index (χ3n) is 2.99. The highest BCUT2D eigenvalue weighted by atomic mass is 19.3. The van der Waals surface area contributed by atoms with Gasteiger partial charge in [0, 0.05) is 32.0 Å². The lowest BCUT2D eigenvalue weighted by Crippen LogP contribution is -2.56. The normalized spacial score (nSPS) is 21.4. The summed E-state index contributed by atoms with van der Waals surface area (Å²) >= 11 is 0. The number of alkyl halides is 2. The smallest absolute Gasteiger partial charge is 0.319 e. The Bertz CT molecular complexity index is 422. The van der Waals surface area contributed by atoms with E-state index in [-0.39, 0.29) is 12.4 Å². The molecule has 0 aromatic carbocycles. The van der Waals surface area contributed by atoms with Crippen molar-refractivity contribution in [2.24, 2.45) is 5.73 Å². The molecule has 1 aromatic heterocycles. The van der Waals surface area contributed by atoms with Gasteiger partial charge in [-0.15, -0.1) is 0 Å². The second-order valence-corrected chi connectivity index (χ2v) is 4.12. The van der Waals surface area contributed by atoms with Gasteiger partial charge in [-0.3, -0.25) is 14.3 Å². The van der Waals surface area contributed by atoms with Gasteiger partial charge in [-0.05, 0) is 0 Å². The number of amides is 1. The van der Waals surface area contributed by atoms with E-state index in [1.807, 2.05) is 0 Å². The molecule has 1 aliphatic heterocycles. The topological polar surface area (TPSA) is 76.2 Å². The minimum absolute atomic E-state index is 0.187. The Morgan fingerprint density at radius 1 is 1.67 bits per heavy atom. The maximum absolute atomic E-state index is 12.7. The van der Waals surface area contributed by atoms with Crippen molar-refractivity contribution in [2.45, 2.75) is 19.1 Å². The van der Waals surface area contributed by atoms with Gasteiger partial charge in [0.15, 0.2) is 0 Å². The molecular weight excluding hydrogens is 244 g/mol. The first-order valence-electron chi connectivity index (χ1n) is 5.63. The van der Waals surface area contributed by atoms with Crippen molar-refractivity contribution < 1.29 is 13.6 Å². The van der Waals surface area contributed by atoms with Gasteiger partial charge in [0.25, 0.3) is 0 Å². The number of nitrogens with zero attached hydrogens (tertiary/aromatic N) is 3. The molecule has 1 fully saturated rings. The van der Waals surface area contributed by atoms with E-state index in [4.69, 9.17) is 5.73 Å². The molecule has 1 aliphatic rings. The summed E-state index contributed by atoms with van der Waals surface area (Å²) < 4.78 is 26.1. The summed E-state index contributed by atoms with van der Waals surface area (Å²) in [6.45, 7) is -0.738. The highest BCUT2D eigenvalue weighted by Crippen LogP contribution is 2.15. The van der Waals surface area contributed by atoms with E-state index >= 15 is 0 Å². The molecule has 8 heteroatoms. The maximum atomic E-state index is 12.7. The van der Waals surface area contributed by atoms with Crippen LogP contribution in [-0.2, 0) is 11.3 Å². The highest BCUT2D eigenvalue weighted by Gasteiger charge is 2.28. The molecule has 1 amide bonds. The zero-order valence-corrected chi connectivity index (χ0v) is 9.72. The largest absolute Gasteiger partial charge is 0.368 e. The van der Waals surface area contributed by atoms with Crippen molar-refractivity contribution in [3.05, 3.63) is 18.2 Å². The number of aromatic nitrogens is 2. The number of hydrogen-bond acceptors (Lipinski definition) is 4. The zero-order chi connectivity index (χ0) is 13.1. The van der Waals surface area contributed by atoms with Gasteiger partial charge in [0.1, 0.15) is 11.9 Å². The van der Waals surface area contributed by atoms with Crippen LogP contribution in [0.2, 0.25) is 0 Å². The molecule has 3 N–H and O–H groups in total. The second-order valence-electron chi connectivity index (χ2n) is 4.12. The lowest BCUT2D eigenvalue weighted by molar-refractivity contribution is -0.124. The first-order valence-corrected chi connectivity index (χ1v) is 5.63. The number of imidazole rings is 1. The molecule has 1 aromatic rings. The van der Waals surface area contributed by atoms with E-state index in [1.165, 1.54) is 12.4 Å². The minimum atomic E-state index is -2.63. The Hall–Kier alpha value is -1.54. The second kappa shape index (κ2) is 5.40. The van der Waals surface area contributed by atoms with E-state index in [0.717, 1.165) is 4.57 Å². The molecule has 0 saturated carbocycles. The van der Waals surface area contributed by atoms with Crippen molar-refractivity contribution in [3.8, 4) is 0 Å². The molecule has 0 bridgehead atoms. The fourth-order valence-corrected chi connectivity index (χ4v) is 2.04. The predicted molar refractivity (Wildman–Crippen MR) is 59.7 cm³/mol. The van der Waals surface area contributed by atoms with Crippen LogP contribution in [-0.4, -0.2) is 46.0 Å². The average Bonchev–Trinajstić information content (AvgIpc) is 2.77. The molecule has 1 saturated heterocycles. The van der Waals surface area contributed by atoms with Crippen LogP contribution in [0, 0.1) is 0 Å². The van der Waals surface area contributed by atoms with E-state index in [1.54, 1.807) is 4.90 Å².